The van der Waals surface area contributed by atoms with Crippen molar-refractivity contribution in [1.82, 2.24) is 10.6 Å². The van der Waals surface area contributed by atoms with Crippen LogP contribution < -0.4 is 10.6 Å². The molecule has 2 aromatic rings. The van der Waals surface area contributed by atoms with Gasteiger partial charge in [-0.05, 0) is 69.9 Å². The molecule has 0 spiro atoms. The summed E-state index contributed by atoms with van der Waals surface area (Å²) in [5.74, 6) is -1.31. The Labute approximate surface area is 233 Å². The fourth-order valence-corrected chi connectivity index (χ4v) is 4.55. The minimum absolute atomic E-state index is 0.0491. The number of alkyl carbamates (subject to hydrolysis) is 1. The van der Waals surface area contributed by atoms with E-state index in [-0.39, 0.29) is 37.6 Å². The average Bonchev–Trinajstić information content (AvgIpc) is 2.86. The SMILES string of the molecule is CC(OCC1(c2ccccc2)CC[C@@](NC(=O)OC(C)(C)C)(C(=O)O)CN1)c1cc(C(F)(F)F)cc(C(F)(F)F)c1. The first-order valence-electron chi connectivity index (χ1n) is 12.7. The van der Waals surface area contributed by atoms with Gasteiger partial charge in [0, 0.05) is 6.54 Å². The quantitative estimate of drug-likeness (QED) is 0.322. The Morgan fingerprint density at radius 1 is 0.976 bits per heavy atom. The molecule has 0 aromatic heterocycles. The normalized spacial score (nSPS) is 22.6. The van der Waals surface area contributed by atoms with E-state index in [0.717, 1.165) is 0 Å². The van der Waals surface area contributed by atoms with Gasteiger partial charge in [0.15, 0.2) is 5.54 Å². The number of hydrogen-bond acceptors (Lipinski definition) is 5. The number of amides is 1. The molecule has 0 aliphatic carbocycles. The van der Waals surface area contributed by atoms with Crippen LogP contribution in [0.3, 0.4) is 0 Å². The molecule has 1 aliphatic heterocycles. The van der Waals surface area contributed by atoms with Crippen molar-refractivity contribution >= 4 is 12.1 Å². The number of carbonyl (C=O) groups is 2. The number of carboxylic acids is 1. The molecule has 0 radical (unpaired) electrons. The third kappa shape index (κ3) is 7.91. The van der Waals surface area contributed by atoms with Gasteiger partial charge in [0.1, 0.15) is 5.60 Å². The molecule has 0 bridgehead atoms. The number of ether oxygens (including phenoxy) is 2. The van der Waals surface area contributed by atoms with E-state index in [1.807, 2.05) is 0 Å². The number of piperidine rings is 1. The highest BCUT2D eigenvalue weighted by Gasteiger charge is 2.50. The number of nitrogens with one attached hydrogen (secondary N) is 2. The lowest BCUT2D eigenvalue weighted by molar-refractivity contribution is -0.147. The molecule has 1 amide bonds. The number of carboxylic acid groups (broad SMARTS) is 1. The Morgan fingerprint density at radius 3 is 1.98 bits per heavy atom. The molecule has 1 aliphatic rings. The van der Waals surface area contributed by atoms with Crippen molar-refractivity contribution in [2.75, 3.05) is 13.2 Å². The summed E-state index contributed by atoms with van der Waals surface area (Å²) in [5.41, 5.74) is -6.26. The van der Waals surface area contributed by atoms with Crippen LogP contribution in [0.5, 0.6) is 0 Å². The lowest BCUT2D eigenvalue weighted by Crippen LogP contribution is -2.67. The van der Waals surface area contributed by atoms with E-state index in [9.17, 15) is 41.0 Å². The maximum absolute atomic E-state index is 13.4. The van der Waals surface area contributed by atoms with Crippen molar-refractivity contribution in [3.63, 3.8) is 0 Å². The molecule has 0 saturated carbocycles. The number of alkyl halides is 6. The zero-order valence-electron chi connectivity index (χ0n) is 22.9. The highest BCUT2D eigenvalue weighted by atomic mass is 19.4. The average molecular weight is 591 g/mol. The summed E-state index contributed by atoms with van der Waals surface area (Å²) in [7, 11) is 0. The zero-order chi connectivity index (χ0) is 30.9. The van der Waals surface area contributed by atoms with Crippen molar-refractivity contribution in [2.24, 2.45) is 0 Å². The predicted molar refractivity (Wildman–Crippen MR) is 136 cm³/mol. The van der Waals surface area contributed by atoms with E-state index in [0.29, 0.717) is 17.7 Å². The molecule has 41 heavy (non-hydrogen) atoms. The zero-order valence-corrected chi connectivity index (χ0v) is 22.9. The second kappa shape index (κ2) is 11.5. The lowest BCUT2D eigenvalue weighted by atomic mass is 9.76. The van der Waals surface area contributed by atoms with E-state index in [4.69, 9.17) is 9.47 Å². The number of carbonyl (C=O) groups excluding carboxylic acids is 1. The molecule has 2 unspecified atom stereocenters. The van der Waals surface area contributed by atoms with Crippen molar-refractivity contribution < 1.29 is 50.5 Å². The van der Waals surface area contributed by atoms with E-state index < -0.39 is 58.3 Å². The second-order valence-corrected chi connectivity index (χ2v) is 11.1. The van der Waals surface area contributed by atoms with Gasteiger partial charge in [-0.2, -0.15) is 26.3 Å². The van der Waals surface area contributed by atoms with E-state index in [1.165, 1.54) is 6.92 Å². The topological polar surface area (TPSA) is 96.9 Å². The van der Waals surface area contributed by atoms with Crippen LogP contribution in [0.15, 0.2) is 48.5 Å². The van der Waals surface area contributed by atoms with E-state index in [1.54, 1.807) is 51.1 Å². The van der Waals surface area contributed by atoms with Crippen molar-refractivity contribution in [3.8, 4) is 0 Å². The maximum Gasteiger partial charge on any atom is 0.416 e. The van der Waals surface area contributed by atoms with Crippen molar-refractivity contribution in [1.29, 1.82) is 0 Å². The standard InChI is InChI=1S/C28H32F6N2O5/c1-17(18-12-20(27(29,30)31)14-21(13-18)28(32,33)34)40-16-26(19-8-6-5-7-9-19)11-10-25(15-35-26,22(37)38)36-23(39)41-24(2,3)4/h5-9,12-14,17,35H,10-11,15-16H2,1-4H3,(H,36,39)(H,37,38)/t17?,25-,26?/m0/s1. The molecule has 3 atom stereocenters. The summed E-state index contributed by atoms with van der Waals surface area (Å²) in [4.78, 5) is 24.7. The number of halogens is 6. The Kier molecular flexibility index (Phi) is 9.04. The van der Waals surface area contributed by atoms with Crippen LogP contribution in [0.1, 0.15) is 68.9 Å². The van der Waals surface area contributed by atoms with Crippen LogP contribution in [0.4, 0.5) is 31.1 Å². The highest BCUT2D eigenvalue weighted by molar-refractivity contribution is 5.85. The molecule has 2 aromatic carbocycles. The minimum Gasteiger partial charge on any atom is -0.479 e. The summed E-state index contributed by atoms with van der Waals surface area (Å²) in [6.07, 6.45) is -12.1. The molecule has 3 rings (SSSR count). The minimum atomic E-state index is -5.01. The number of hydrogen-bond donors (Lipinski definition) is 3. The summed E-state index contributed by atoms with van der Waals surface area (Å²) < 4.78 is 91.3. The van der Waals surface area contributed by atoms with E-state index in [2.05, 4.69) is 10.6 Å². The Bertz CT molecular complexity index is 1200. The van der Waals surface area contributed by atoms with Crippen LogP contribution in [0.25, 0.3) is 0 Å². The first kappa shape index (κ1) is 32.2. The molecule has 7 nitrogen and oxygen atoms in total. The number of benzene rings is 2. The Balaban J connectivity index is 1.88. The lowest BCUT2D eigenvalue weighted by Gasteiger charge is -2.46. The molecule has 1 saturated heterocycles. The Morgan fingerprint density at radius 2 is 1.54 bits per heavy atom. The summed E-state index contributed by atoms with van der Waals surface area (Å²) in [5, 5.41) is 15.6. The van der Waals surface area contributed by atoms with Crippen LogP contribution in [-0.4, -0.2) is 41.5 Å². The smallest absolute Gasteiger partial charge is 0.416 e. The fourth-order valence-electron chi connectivity index (χ4n) is 4.55. The van der Waals surface area contributed by atoms with Gasteiger partial charge < -0.3 is 25.2 Å². The molecule has 3 N–H and O–H groups in total. The van der Waals surface area contributed by atoms with Crippen LogP contribution in [0, 0.1) is 0 Å². The predicted octanol–water partition coefficient (Wildman–Crippen LogP) is 6.43. The van der Waals surface area contributed by atoms with Gasteiger partial charge >= 0.3 is 24.4 Å². The maximum atomic E-state index is 13.4. The number of rotatable bonds is 7. The fraction of sp³-hybridized carbons (Fsp3) is 0.500. The van der Waals surface area contributed by atoms with Crippen LogP contribution in [0.2, 0.25) is 0 Å². The van der Waals surface area contributed by atoms with Gasteiger partial charge in [0.25, 0.3) is 0 Å². The number of aliphatic carboxylic acids is 1. The van der Waals surface area contributed by atoms with Gasteiger partial charge in [-0.25, -0.2) is 9.59 Å². The summed E-state index contributed by atoms with van der Waals surface area (Å²) >= 11 is 0. The first-order chi connectivity index (χ1) is 18.8. The first-order valence-corrected chi connectivity index (χ1v) is 12.7. The van der Waals surface area contributed by atoms with Gasteiger partial charge in [0.05, 0.1) is 29.4 Å². The van der Waals surface area contributed by atoms with Gasteiger partial charge in [0.2, 0.25) is 0 Å². The summed E-state index contributed by atoms with van der Waals surface area (Å²) in [6, 6.07) is 9.95. The van der Waals surface area contributed by atoms with Crippen molar-refractivity contribution in [3.05, 3.63) is 70.8 Å². The Hall–Kier alpha value is -3.32. The molecule has 226 valence electrons. The van der Waals surface area contributed by atoms with Crippen LogP contribution in [-0.2, 0) is 32.2 Å². The monoisotopic (exact) mass is 590 g/mol. The largest absolute Gasteiger partial charge is 0.479 e. The molecule has 1 heterocycles. The second-order valence-electron chi connectivity index (χ2n) is 11.1. The molecular formula is C28H32F6N2O5. The molecule has 13 heteroatoms. The molecule has 1 fully saturated rings. The third-order valence-corrected chi connectivity index (χ3v) is 6.84. The summed E-state index contributed by atoms with van der Waals surface area (Å²) in [6.45, 7) is 5.72. The third-order valence-electron chi connectivity index (χ3n) is 6.84. The molecular weight excluding hydrogens is 558 g/mol. The van der Waals surface area contributed by atoms with Gasteiger partial charge in [-0.1, -0.05) is 30.3 Å². The van der Waals surface area contributed by atoms with Gasteiger partial charge in [-0.3, -0.25) is 0 Å². The van der Waals surface area contributed by atoms with Crippen LogP contribution >= 0.6 is 0 Å². The van der Waals surface area contributed by atoms with Gasteiger partial charge in [-0.15, -0.1) is 0 Å². The van der Waals surface area contributed by atoms with Crippen molar-refractivity contribution in [2.45, 2.75) is 75.7 Å². The highest BCUT2D eigenvalue weighted by Crippen LogP contribution is 2.40. The van der Waals surface area contributed by atoms with E-state index >= 15 is 0 Å².